The molecule has 2 heterocycles. The van der Waals surface area contributed by atoms with Gasteiger partial charge in [-0.3, -0.25) is 4.79 Å². The van der Waals surface area contributed by atoms with Gasteiger partial charge in [-0.15, -0.1) is 11.3 Å². The predicted molar refractivity (Wildman–Crippen MR) is 95.9 cm³/mol. The Morgan fingerprint density at radius 1 is 1.21 bits per heavy atom. The number of rotatable bonds is 4. The fourth-order valence-electron chi connectivity index (χ4n) is 2.87. The molecule has 0 saturated carbocycles. The van der Waals surface area contributed by atoms with E-state index in [9.17, 15) is 13.2 Å². The summed E-state index contributed by atoms with van der Waals surface area (Å²) in [6.45, 7) is 2.52. The summed E-state index contributed by atoms with van der Waals surface area (Å²) in [4.78, 5) is 12.9. The minimum atomic E-state index is -3.48. The molecule has 0 spiro atoms. The normalized spacial score (nSPS) is 19.1. The van der Waals surface area contributed by atoms with Gasteiger partial charge in [0.15, 0.2) is 0 Å². The summed E-state index contributed by atoms with van der Waals surface area (Å²) in [6, 6.07) is 9.97. The van der Waals surface area contributed by atoms with Crippen LogP contribution in [0.3, 0.4) is 0 Å². The van der Waals surface area contributed by atoms with Crippen molar-refractivity contribution in [3.8, 4) is 0 Å². The molecule has 5 nitrogen and oxygen atoms in total. The number of amides is 1. The number of nitrogens with zero attached hydrogens (tertiary/aromatic N) is 1. The molecule has 24 heavy (non-hydrogen) atoms. The number of hydrogen-bond donors (Lipinski definition) is 1. The van der Waals surface area contributed by atoms with E-state index in [1.54, 1.807) is 34.6 Å². The molecule has 1 amide bonds. The first-order valence-corrected chi connectivity index (χ1v) is 10.3. The van der Waals surface area contributed by atoms with Crippen LogP contribution in [0.4, 0.5) is 5.69 Å². The molecule has 1 atom stereocenters. The molecule has 0 unspecified atom stereocenters. The van der Waals surface area contributed by atoms with E-state index in [1.165, 1.54) is 11.3 Å². The van der Waals surface area contributed by atoms with Crippen molar-refractivity contribution in [2.45, 2.75) is 37.1 Å². The first-order valence-electron chi connectivity index (χ1n) is 7.95. The average Bonchev–Trinajstić information content (AvgIpc) is 3.10. The number of piperidine rings is 1. The zero-order valence-corrected chi connectivity index (χ0v) is 15.1. The van der Waals surface area contributed by atoms with Crippen molar-refractivity contribution < 1.29 is 13.2 Å². The second-order valence-corrected chi connectivity index (χ2v) is 8.75. The van der Waals surface area contributed by atoms with Gasteiger partial charge >= 0.3 is 0 Å². The molecular weight excluding hydrogens is 344 g/mol. The van der Waals surface area contributed by atoms with E-state index >= 15 is 0 Å². The number of thiophene rings is 1. The molecule has 1 N–H and O–H groups in total. The van der Waals surface area contributed by atoms with Crippen molar-refractivity contribution >= 4 is 33.0 Å². The van der Waals surface area contributed by atoms with E-state index in [4.69, 9.17) is 0 Å². The maximum absolute atomic E-state index is 12.8. The maximum Gasteiger partial charge on any atom is 0.265 e. The Bertz CT molecular complexity index is 799. The number of sulfonamides is 1. The Hall–Kier alpha value is -1.70. The third-order valence-electron chi connectivity index (χ3n) is 4.21. The maximum atomic E-state index is 12.8. The van der Waals surface area contributed by atoms with Crippen molar-refractivity contribution in [2.75, 3.05) is 11.9 Å². The molecule has 0 bridgehead atoms. The van der Waals surface area contributed by atoms with Crippen LogP contribution in [-0.2, 0) is 10.0 Å². The summed E-state index contributed by atoms with van der Waals surface area (Å²) in [6.07, 6.45) is 2.87. The fraction of sp³-hybridized carbons (Fsp3) is 0.353. The summed E-state index contributed by atoms with van der Waals surface area (Å²) >= 11 is 1.36. The summed E-state index contributed by atoms with van der Waals surface area (Å²) in [5.74, 6) is -0.190. The minimum Gasteiger partial charge on any atom is -0.321 e. The average molecular weight is 364 g/mol. The topological polar surface area (TPSA) is 66.5 Å². The summed E-state index contributed by atoms with van der Waals surface area (Å²) in [5.41, 5.74) is 0.582. The first-order chi connectivity index (χ1) is 11.5. The van der Waals surface area contributed by atoms with Crippen LogP contribution in [0.25, 0.3) is 0 Å². The number of anilines is 1. The number of carbonyl (C=O) groups is 1. The van der Waals surface area contributed by atoms with Gasteiger partial charge in [-0.2, -0.15) is 4.31 Å². The molecule has 3 rings (SSSR count). The van der Waals surface area contributed by atoms with Crippen molar-refractivity contribution in [3.05, 3.63) is 46.7 Å². The zero-order chi connectivity index (χ0) is 17.2. The van der Waals surface area contributed by atoms with E-state index in [1.807, 2.05) is 18.4 Å². The van der Waals surface area contributed by atoms with Crippen LogP contribution in [-0.4, -0.2) is 31.2 Å². The van der Waals surface area contributed by atoms with E-state index < -0.39 is 10.0 Å². The fourth-order valence-corrected chi connectivity index (χ4v) is 5.19. The highest BCUT2D eigenvalue weighted by molar-refractivity contribution is 7.89. The third-order valence-corrected chi connectivity index (χ3v) is 7.10. The molecular formula is C17H20N2O3S2. The van der Waals surface area contributed by atoms with E-state index in [2.05, 4.69) is 5.32 Å². The van der Waals surface area contributed by atoms with Crippen LogP contribution < -0.4 is 5.32 Å². The molecule has 7 heteroatoms. The van der Waals surface area contributed by atoms with Gasteiger partial charge in [0.25, 0.3) is 5.91 Å². The van der Waals surface area contributed by atoms with Crippen molar-refractivity contribution in [1.82, 2.24) is 4.31 Å². The molecule has 2 aromatic rings. The number of nitrogens with one attached hydrogen (secondary N) is 1. The molecule has 0 aliphatic carbocycles. The van der Waals surface area contributed by atoms with E-state index in [-0.39, 0.29) is 16.8 Å². The smallest absolute Gasteiger partial charge is 0.265 e. The Morgan fingerprint density at radius 2 is 1.96 bits per heavy atom. The lowest BCUT2D eigenvalue weighted by molar-refractivity contribution is 0.103. The number of carbonyl (C=O) groups excluding carboxylic acids is 1. The monoisotopic (exact) mass is 364 g/mol. The van der Waals surface area contributed by atoms with Gasteiger partial charge in [0, 0.05) is 18.3 Å². The third kappa shape index (κ3) is 3.53. The molecule has 1 aromatic carbocycles. The predicted octanol–water partition coefficient (Wildman–Crippen LogP) is 3.56. The van der Waals surface area contributed by atoms with E-state index in [0.717, 1.165) is 19.3 Å². The molecule has 128 valence electrons. The first kappa shape index (κ1) is 17.1. The van der Waals surface area contributed by atoms with Gasteiger partial charge in [0.1, 0.15) is 0 Å². The second kappa shape index (κ2) is 7.04. The highest BCUT2D eigenvalue weighted by Gasteiger charge is 2.30. The molecule has 1 aromatic heterocycles. The molecule has 1 aliphatic rings. The Morgan fingerprint density at radius 3 is 2.58 bits per heavy atom. The zero-order valence-electron chi connectivity index (χ0n) is 13.4. The largest absolute Gasteiger partial charge is 0.321 e. The standard InChI is InChI=1S/C17H20N2O3S2/c1-13-5-2-3-11-19(13)24(21,22)15-9-7-14(8-10-15)18-17(20)16-6-4-12-23-16/h4,6-10,12-13H,2-3,5,11H2,1H3,(H,18,20)/t13-/m1/s1. The van der Waals surface area contributed by atoms with Crippen LogP contribution in [0.15, 0.2) is 46.7 Å². The minimum absolute atomic E-state index is 0.0296. The lowest BCUT2D eigenvalue weighted by Crippen LogP contribution is -2.41. The summed E-state index contributed by atoms with van der Waals surface area (Å²) in [7, 11) is -3.48. The molecule has 1 saturated heterocycles. The highest BCUT2D eigenvalue weighted by atomic mass is 32.2. The van der Waals surface area contributed by atoms with Crippen LogP contribution in [0.2, 0.25) is 0 Å². The number of benzene rings is 1. The van der Waals surface area contributed by atoms with Gasteiger partial charge in [-0.25, -0.2) is 8.42 Å². The molecule has 1 fully saturated rings. The van der Waals surface area contributed by atoms with Crippen LogP contribution in [0.1, 0.15) is 35.9 Å². The molecule has 0 radical (unpaired) electrons. The van der Waals surface area contributed by atoms with E-state index in [0.29, 0.717) is 17.1 Å². The van der Waals surface area contributed by atoms with Crippen molar-refractivity contribution in [3.63, 3.8) is 0 Å². The Balaban J connectivity index is 1.75. The SMILES string of the molecule is C[C@@H]1CCCCN1S(=O)(=O)c1ccc(NC(=O)c2cccs2)cc1. The Kier molecular flexibility index (Phi) is 5.03. The van der Waals surface area contributed by atoms with Gasteiger partial charge in [0.05, 0.1) is 9.77 Å². The molecule has 1 aliphatic heterocycles. The second-order valence-electron chi connectivity index (χ2n) is 5.92. The lowest BCUT2D eigenvalue weighted by atomic mass is 10.1. The van der Waals surface area contributed by atoms with Crippen molar-refractivity contribution in [1.29, 1.82) is 0 Å². The van der Waals surface area contributed by atoms with Crippen LogP contribution in [0.5, 0.6) is 0 Å². The number of hydrogen-bond acceptors (Lipinski definition) is 4. The highest BCUT2D eigenvalue weighted by Crippen LogP contribution is 2.26. The summed E-state index contributed by atoms with van der Waals surface area (Å²) < 4.78 is 27.1. The van der Waals surface area contributed by atoms with Gasteiger partial charge in [-0.1, -0.05) is 12.5 Å². The lowest BCUT2D eigenvalue weighted by Gasteiger charge is -2.32. The van der Waals surface area contributed by atoms with Gasteiger partial charge < -0.3 is 5.32 Å². The van der Waals surface area contributed by atoms with Crippen LogP contribution >= 0.6 is 11.3 Å². The summed E-state index contributed by atoms with van der Waals surface area (Å²) in [5, 5.41) is 4.61. The van der Waals surface area contributed by atoms with Crippen molar-refractivity contribution in [2.24, 2.45) is 0 Å². The Labute approximate surface area is 146 Å². The van der Waals surface area contributed by atoms with Crippen LogP contribution in [0, 0.1) is 0 Å². The quantitative estimate of drug-likeness (QED) is 0.902. The van der Waals surface area contributed by atoms with Gasteiger partial charge in [0.2, 0.25) is 10.0 Å². The van der Waals surface area contributed by atoms with Gasteiger partial charge in [-0.05, 0) is 55.5 Å².